The number of fused-ring (bicyclic) bond motifs is 1. The zero-order chi connectivity index (χ0) is 13.8. The maximum atomic E-state index is 6.04. The van der Waals surface area contributed by atoms with E-state index in [-0.39, 0.29) is 12.1 Å². The molecule has 2 atom stereocenters. The van der Waals surface area contributed by atoms with Crippen molar-refractivity contribution in [1.29, 1.82) is 0 Å². The number of hydrogen-bond acceptors (Lipinski definition) is 3. The van der Waals surface area contributed by atoms with E-state index in [9.17, 15) is 0 Å². The summed E-state index contributed by atoms with van der Waals surface area (Å²) in [7, 11) is 0. The molecule has 2 heterocycles. The minimum Gasteiger partial charge on any atom is -0.459 e. The van der Waals surface area contributed by atoms with Crippen LogP contribution >= 0.6 is 0 Å². The van der Waals surface area contributed by atoms with Crippen LogP contribution in [0.2, 0.25) is 0 Å². The van der Waals surface area contributed by atoms with Gasteiger partial charge in [0.2, 0.25) is 0 Å². The van der Waals surface area contributed by atoms with E-state index in [2.05, 4.69) is 24.4 Å². The fraction of sp³-hybridized carbons (Fsp3) is 0.529. The number of para-hydroxylation sites is 1. The van der Waals surface area contributed by atoms with Crippen LogP contribution in [0.5, 0.6) is 0 Å². The average molecular weight is 273 g/mol. The van der Waals surface area contributed by atoms with E-state index >= 15 is 0 Å². The van der Waals surface area contributed by atoms with E-state index in [0.29, 0.717) is 0 Å². The van der Waals surface area contributed by atoms with Crippen LogP contribution in [0, 0.1) is 0 Å². The first-order chi connectivity index (χ1) is 9.88. The molecule has 108 valence electrons. The van der Waals surface area contributed by atoms with E-state index < -0.39 is 0 Å². The van der Waals surface area contributed by atoms with Gasteiger partial charge in [-0.1, -0.05) is 25.1 Å². The Kier molecular flexibility index (Phi) is 4.38. The zero-order valence-electron chi connectivity index (χ0n) is 12.1. The number of furan rings is 1. The number of rotatable bonds is 5. The average Bonchev–Trinajstić information content (AvgIpc) is 2.92. The Bertz CT molecular complexity index is 510. The molecule has 0 bridgehead atoms. The molecule has 3 rings (SSSR count). The van der Waals surface area contributed by atoms with Gasteiger partial charge in [-0.15, -0.1) is 0 Å². The summed E-state index contributed by atoms with van der Waals surface area (Å²) in [6.45, 7) is 4.04. The number of nitrogens with one attached hydrogen (secondary N) is 1. The summed E-state index contributed by atoms with van der Waals surface area (Å²) in [5, 5.41) is 4.77. The molecule has 1 aromatic heterocycles. The van der Waals surface area contributed by atoms with Crippen LogP contribution < -0.4 is 5.32 Å². The highest BCUT2D eigenvalue weighted by Crippen LogP contribution is 2.30. The SMILES string of the molecule is CCCNC(c1cc2ccccc2o1)C1CCCCO1. The summed E-state index contributed by atoms with van der Waals surface area (Å²) in [4.78, 5) is 0. The van der Waals surface area contributed by atoms with Gasteiger partial charge >= 0.3 is 0 Å². The molecule has 0 spiro atoms. The second-order valence-corrected chi connectivity index (χ2v) is 5.52. The third-order valence-corrected chi connectivity index (χ3v) is 3.95. The number of ether oxygens (including phenoxy) is 1. The summed E-state index contributed by atoms with van der Waals surface area (Å²) >= 11 is 0. The molecule has 1 aromatic carbocycles. The molecule has 0 aliphatic carbocycles. The van der Waals surface area contributed by atoms with Crippen molar-refractivity contribution in [2.24, 2.45) is 0 Å². The molecule has 2 unspecified atom stereocenters. The predicted molar refractivity (Wildman–Crippen MR) is 80.8 cm³/mol. The molecule has 1 aliphatic rings. The van der Waals surface area contributed by atoms with Crippen molar-refractivity contribution in [2.75, 3.05) is 13.2 Å². The van der Waals surface area contributed by atoms with E-state index in [0.717, 1.165) is 37.3 Å². The fourth-order valence-electron chi connectivity index (χ4n) is 2.90. The molecule has 2 aromatic rings. The Morgan fingerprint density at radius 3 is 2.95 bits per heavy atom. The summed E-state index contributed by atoms with van der Waals surface area (Å²) in [6.07, 6.45) is 4.88. The maximum absolute atomic E-state index is 6.04. The largest absolute Gasteiger partial charge is 0.459 e. The van der Waals surface area contributed by atoms with Crippen LogP contribution in [0.3, 0.4) is 0 Å². The summed E-state index contributed by atoms with van der Waals surface area (Å²) in [5.41, 5.74) is 0.960. The van der Waals surface area contributed by atoms with Crippen molar-refractivity contribution in [3.63, 3.8) is 0 Å². The second kappa shape index (κ2) is 6.42. The molecule has 1 fully saturated rings. The van der Waals surface area contributed by atoms with Crippen LogP contribution in [-0.2, 0) is 4.74 Å². The van der Waals surface area contributed by atoms with Gasteiger partial charge in [-0.2, -0.15) is 0 Å². The van der Waals surface area contributed by atoms with Gasteiger partial charge in [-0.05, 0) is 44.4 Å². The van der Waals surface area contributed by atoms with Crippen molar-refractivity contribution in [1.82, 2.24) is 5.32 Å². The third kappa shape index (κ3) is 2.89. The van der Waals surface area contributed by atoms with Gasteiger partial charge < -0.3 is 14.5 Å². The Morgan fingerprint density at radius 2 is 2.20 bits per heavy atom. The summed E-state index contributed by atoms with van der Waals surface area (Å²) in [6, 6.07) is 10.5. The first kappa shape index (κ1) is 13.7. The van der Waals surface area contributed by atoms with E-state index in [1.54, 1.807) is 0 Å². The molecule has 0 saturated carbocycles. The van der Waals surface area contributed by atoms with Crippen LogP contribution in [0.1, 0.15) is 44.4 Å². The molecule has 0 amide bonds. The molecule has 3 nitrogen and oxygen atoms in total. The lowest BCUT2D eigenvalue weighted by Crippen LogP contribution is -2.36. The van der Waals surface area contributed by atoms with Crippen molar-refractivity contribution in [3.8, 4) is 0 Å². The minimum atomic E-state index is 0.169. The van der Waals surface area contributed by atoms with E-state index in [1.165, 1.54) is 18.2 Å². The van der Waals surface area contributed by atoms with Crippen molar-refractivity contribution >= 4 is 11.0 Å². The van der Waals surface area contributed by atoms with Gasteiger partial charge in [0.05, 0.1) is 12.1 Å². The molecule has 1 aliphatic heterocycles. The predicted octanol–water partition coefficient (Wildman–Crippen LogP) is 4.04. The standard InChI is InChI=1S/C17H23NO2/c1-2-10-18-17(15-9-5-6-11-19-15)16-12-13-7-3-4-8-14(13)20-16/h3-4,7-8,12,15,17-18H,2,5-6,9-11H2,1H3. The Morgan fingerprint density at radius 1 is 1.30 bits per heavy atom. The fourth-order valence-corrected chi connectivity index (χ4v) is 2.90. The highest BCUT2D eigenvalue weighted by Gasteiger charge is 2.28. The first-order valence-electron chi connectivity index (χ1n) is 7.72. The van der Waals surface area contributed by atoms with Gasteiger partial charge in [0.1, 0.15) is 11.3 Å². The third-order valence-electron chi connectivity index (χ3n) is 3.95. The molecular formula is C17H23NO2. The zero-order valence-corrected chi connectivity index (χ0v) is 12.1. The molecule has 1 N–H and O–H groups in total. The van der Waals surface area contributed by atoms with Crippen molar-refractivity contribution in [2.45, 2.75) is 44.8 Å². The number of benzene rings is 1. The molecule has 3 heteroatoms. The lowest BCUT2D eigenvalue weighted by atomic mass is 10.00. The summed E-state index contributed by atoms with van der Waals surface area (Å²) in [5.74, 6) is 1.01. The van der Waals surface area contributed by atoms with Crippen LogP contribution in [-0.4, -0.2) is 19.3 Å². The van der Waals surface area contributed by atoms with Crippen LogP contribution in [0.15, 0.2) is 34.7 Å². The van der Waals surface area contributed by atoms with Gasteiger partial charge in [0.25, 0.3) is 0 Å². The Balaban J connectivity index is 1.86. The number of hydrogen-bond donors (Lipinski definition) is 1. The van der Waals surface area contributed by atoms with Crippen molar-refractivity contribution in [3.05, 3.63) is 36.1 Å². The lowest BCUT2D eigenvalue weighted by molar-refractivity contribution is -0.0122. The maximum Gasteiger partial charge on any atom is 0.134 e. The molecule has 20 heavy (non-hydrogen) atoms. The van der Waals surface area contributed by atoms with Gasteiger partial charge in [0, 0.05) is 12.0 Å². The first-order valence-corrected chi connectivity index (χ1v) is 7.72. The van der Waals surface area contributed by atoms with Gasteiger partial charge in [-0.25, -0.2) is 0 Å². The Hall–Kier alpha value is -1.32. The van der Waals surface area contributed by atoms with Gasteiger partial charge in [0.15, 0.2) is 0 Å². The van der Waals surface area contributed by atoms with E-state index in [1.807, 2.05) is 18.2 Å². The van der Waals surface area contributed by atoms with E-state index in [4.69, 9.17) is 9.15 Å². The smallest absolute Gasteiger partial charge is 0.134 e. The van der Waals surface area contributed by atoms with Gasteiger partial charge in [-0.3, -0.25) is 0 Å². The Labute approximate surface area is 120 Å². The van der Waals surface area contributed by atoms with Crippen LogP contribution in [0.25, 0.3) is 11.0 Å². The monoisotopic (exact) mass is 273 g/mol. The highest BCUT2D eigenvalue weighted by atomic mass is 16.5. The lowest BCUT2D eigenvalue weighted by Gasteiger charge is -2.30. The summed E-state index contributed by atoms with van der Waals surface area (Å²) < 4.78 is 12.0. The normalized spacial score (nSPS) is 21.1. The quantitative estimate of drug-likeness (QED) is 0.892. The minimum absolute atomic E-state index is 0.169. The molecule has 1 saturated heterocycles. The molecule has 0 radical (unpaired) electrons. The highest BCUT2D eigenvalue weighted by molar-refractivity contribution is 5.77. The molecular weight excluding hydrogens is 250 g/mol. The van der Waals surface area contributed by atoms with Crippen LogP contribution in [0.4, 0.5) is 0 Å². The second-order valence-electron chi connectivity index (χ2n) is 5.52. The van der Waals surface area contributed by atoms with Crippen molar-refractivity contribution < 1.29 is 9.15 Å². The topological polar surface area (TPSA) is 34.4 Å².